The van der Waals surface area contributed by atoms with Crippen molar-refractivity contribution in [2.75, 3.05) is 27.4 Å². The minimum absolute atomic E-state index is 0.0694. The highest BCUT2D eigenvalue weighted by molar-refractivity contribution is 4.95. The first-order valence-corrected chi connectivity index (χ1v) is 4.15. The van der Waals surface area contributed by atoms with Crippen LogP contribution in [0.3, 0.4) is 0 Å². The van der Waals surface area contributed by atoms with Crippen LogP contribution in [-0.4, -0.2) is 51.8 Å². The molecule has 0 unspecified atom stereocenters. The van der Waals surface area contributed by atoms with Gasteiger partial charge in [0.05, 0.1) is 13.2 Å². The monoisotopic (exact) mass is 174 g/mol. The van der Waals surface area contributed by atoms with E-state index in [1.165, 1.54) is 0 Å². The van der Waals surface area contributed by atoms with Crippen LogP contribution in [0.2, 0.25) is 0 Å². The fourth-order valence-corrected chi connectivity index (χ4v) is 1.83. The molecular formula is C8H14O4. The van der Waals surface area contributed by atoms with Crippen LogP contribution in [0, 0.1) is 0 Å². The Hall–Kier alpha value is -0.160. The summed E-state index contributed by atoms with van der Waals surface area (Å²) in [6, 6.07) is 0. The molecule has 2 fully saturated rings. The molecule has 70 valence electrons. The van der Waals surface area contributed by atoms with Crippen LogP contribution in [0.15, 0.2) is 0 Å². The van der Waals surface area contributed by atoms with Gasteiger partial charge in [-0.3, -0.25) is 0 Å². The van der Waals surface area contributed by atoms with Crippen molar-refractivity contribution in [2.24, 2.45) is 0 Å². The molecule has 4 heteroatoms. The lowest BCUT2D eigenvalue weighted by Crippen LogP contribution is -2.32. The lowest BCUT2D eigenvalue weighted by atomic mass is 10.1. The third kappa shape index (κ3) is 1.15. The third-order valence-electron chi connectivity index (χ3n) is 2.57. The fraction of sp³-hybridized carbons (Fsp3) is 1.00. The lowest BCUT2D eigenvalue weighted by Gasteiger charge is -2.14. The van der Waals surface area contributed by atoms with Crippen molar-refractivity contribution in [1.29, 1.82) is 0 Å². The van der Waals surface area contributed by atoms with E-state index >= 15 is 0 Å². The SMILES string of the molecule is CO[C@H]1CO[C@@H]2[C@H]1OC[C@H]2OC. The van der Waals surface area contributed by atoms with E-state index in [0.29, 0.717) is 13.2 Å². The fourth-order valence-electron chi connectivity index (χ4n) is 1.83. The van der Waals surface area contributed by atoms with Crippen molar-refractivity contribution in [2.45, 2.75) is 24.4 Å². The second kappa shape index (κ2) is 3.30. The van der Waals surface area contributed by atoms with Gasteiger partial charge in [-0.05, 0) is 0 Å². The number of rotatable bonds is 2. The van der Waals surface area contributed by atoms with Gasteiger partial charge in [0.25, 0.3) is 0 Å². The van der Waals surface area contributed by atoms with Gasteiger partial charge in [0, 0.05) is 14.2 Å². The third-order valence-corrected chi connectivity index (χ3v) is 2.57. The molecule has 0 N–H and O–H groups in total. The van der Waals surface area contributed by atoms with Crippen LogP contribution in [0.4, 0.5) is 0 Å². The maximum atomic E-state index is 5.51. The summed E-state index contributed by atoms with van der Waals surface area (Å²) in [4.78, 5) is 0. The van der Waals surface area contributed by atoms with Gasteiger partial charge in [-0.1, -0.05) is 0 Å². The van der Waals surface area contributed by atoms with Gasteiger partial charge in [-0.25, -0.2) is 0 Å². The number of fused-ring (bicyclic) bond motifs is 1. The molecule has 0 aromatic heterocycles. The summed E-state index contributed by atoms with van der Waals surface area (Å²) in [6.45, 7) is 1.23. The number of hydrogen-bond donors (Lipinski definition) is 0. The highest BCUT2D eigenvalue weighted by Crippen LogP contribution is 2.29. The Labute approximate surface area is 71.7 Å². The molecule has 0 radical (unpaired) electrons. The smallest absolute Gasteiger partial charge is 0.115 e. The second-order valence-electron chi connectivity index (χ2n) is 3.14. The lowest BCUT2D eigenvalue weighted by molar-refractivity contribution is -0.0267. The van der Waals surface area contributed by atoms with Gasteiger partial charge in [0.2, 0.25) is 0 Å². The van der Waals surface area contributed by atoms with Crippen LogP contribution in [0.5, 0.6) is 0 Å². The first-order chi connectivity index (χ1) is 5.86. The Morgan fingerprint density at radius 2 is 1.33 bits per heavy atom. The second-order valence-corrected chi connectivity index (χ2v) is 3.14. The van der Waals surface area contributed by atoms with Gasteiger partial charge in [-0.15, -0.1) is 0 Å². The zero-order valence-corrected chi connectivity index (χ0v) is 7.36. The Bertz CT molecular complexity index is 143. The number of hydrogen-bond acceptors (Lipinski definition) is 4. The van der Waals surface area contributed by atoms with Gasteiger partial charge in [0.15, 0.2) is 0 Å². The van der Waals surface area contributed by atoms with E-state index in [1.54, 1.807) is 14.2 Å². The Morgan fingerprint density at radius 1 is 0.917 bits per heavy atom. The maximum absolute atomic E-state index is 5.51. The molecule has 4 atom stereocenters. The molecule has 2 saturated heterocycles. The molecule has 0 spiro atoms. The van der Waals surface area contributed by atoms with E-state index in [9.17, 15) is 0 Å². The van der Waals surface area contributed by atoms with E-state index in [0.717, 1.165) is 0 Å². The molecule has 2 aliphatic rings. The van der Waals surface area contributed by atoms with Crippen LogP contribution in [-0.2, 0) is 18.9 Å². The largest absolute Gasteiger partial charge is 0.376 e. The van der Waals surface area contributed by atoms with E-state index in [-0.39, 0.29) is 24.4 Å². The summed E-state index contributed by atoms with van der Waals surface area (Å²) in [5, 5.41) is 0. The molecule has 2 rings (SSSR count). The van der Waals surface area contributed by atoms with E-state index in [4.69, 9.17) is 18.9 Å². The molecule has 0 aliphatic carbocycles. The zero-order valence-electron chi connectivity index (χ0n) is 7.36. The van der Waals surface area contributed by atoms with Crippen LogP contribution in [0.1, 0.15) is 0 Å². The van der Waals surface area contributed by atoms with Crippen LogP contribution >= 0.6 is 0 Å². The van der Waals surface area contributed by atoms with E-state index in [1.807, 2.05) is 0 Å². The standard InChI is InChI=1S/C8H14O4/c1-9-5-3-11-8-6(10-2)4-12-7(5)8/h5-8H,3-4H2,1-2H3/t5-,6+,7-,8-/m0/s1. The quantitative estimate of drug-likeness (QED) is 0.581. The minimum atomic E-state index is 0.0694. The molecule has 0 bridgehead atoms. The van der Waals surface area contributed by atoms with Gasteiger partial charge < -0.3 is 18.9 Å². The summed E-state index contributed by atoms with van der Waals surface area (Å²) >= 11 is 0. The summed E-state index contributed by atoms with van der Waals surface area (Å²) in [5.41, 5.74) is 0. The van der Waals surface area contributed by atoms with Gasteiger partial charge in [-0.2, -0.15) is 0 Å². The predicted octanol–water partition coefficient (Wildman–Crippen LogP) is -0.186. The molecule has 4 nitrogen and oxygen atoms in total. The van der Waals surface area contributed by atoms with Crippen molar-refractivity contribution < 1.29 is 18.9 Å². The zero-order chi connectivity index (χ0) is 8.55. The maximum Gasteiger partial charge on any atom is 0.115 e. The average Bonchev–Trinajstić information content (AvgIpc) is 2.62. The minimum Gasteiger partial charge on any atom is -0.376 e. The Kier molecular flexibility index (Phi) is 2.32. The van der Waals surface area contributed by atoms with Crippen molar-refractivity contribution in [3.63, 3.8) is 0 Å². The first kappa shape index (κ1) is 8.44. The average molecular weight is 174 g/mol. The van der Waals surface area contributed by atoms with E-state index < -0.39 is 0 Å². The molecule has 0 saturated carbocycles. The summed E-state index contributed by atoms with van der Waals surface area (Å²) in [5.74, 6) is 0. The molecular weight excluding hydrogens is 160 g/mol. The highest BCUT2D eigenvalue weighted by Gasteiger charge is 2.48. The predicted molar refractivity (Wildman–Crippen MR) is 41.1 cm³/mol. The van der Waals surface area contributed by atoms with Crippen LogP contribution in [0.25, 0.3) is 0 Å². The molecule has 0 amide bonds. The normalized spacial score (nSPS) is 46.5. The summed E-state index contributed by atoms with van der Waals surface area (Å²) < 4.78 is 21.4. The molecule has 2 aliphatic heterocycles. The molecule has 2 heterocycles. The van der Waals surface area contributed by atoms with Gasteiger partial charge in [0.1, 0.15) is 24.4 Å². The van der Waals surface area contributed by atoms with Crippen molar-refractivity contribution in [3.05, 3.63) is 0 Å². The topological polar surface area (TPSA) is 36.9 Å². The number of methoxy groups -OCH3 is 2. The van der Waals surface area contributed by atoms with E-state index in [2.05, 4.69) is 0 Å². The Morgan fingerprint density at radius 3 is 1.67 bits per heavy atom. The summed E-state index contributed by atoms with van der Waals surface area (Å²) in [7, 11) is 3.36. The van der Waals surface area contributed by atoms with Gasteiger partial charge >= 0.3 is 0 Å². The summed E-state index contributed by atoms with van der Waals surface area (Å²) in [6.07, 6.45) is 0.296. The van der Waals surface area contributed by atoms with Crippen molar-refractivity contribution >= 4 is 0 Å². The van der Waals surface area contributed by atoms with Crippen LogP contribution < -0.4 is 0 Å². The molecule has 12 heavy (non-hydrogen) atoms. The van der Waals surface area contributed by atoms with Crippen molar-refractivity contribution in [1.82, 2.24) is 0 Å². The Balaban J connectivity index is 2.01. The first-order valence-electron chi connectivity index (χ1n) is 4.15. The number of ether oxygens (including phenoxy) is 4. The molecule has 0 aromatic rings. The van der Waals surface area contributed by atoms with Crippen molar-refractivity contribution in [3.8, 4) is 0 Å². The molecule has 0 aromatic carbocycles. The highest BCUT2D eigenvalue weighted by atomic mass is 16.6.